The zero-order valence-corrected chi connectivity index (χ0v) is 18.9. The lowest BCUT2D eigenvalue weighted by molar-refractivity contribution is 0.0986. The lowest BCUT2D eigenvalue weighted by atomic mass is 10.2. The monoisotopic (exact) mass is 454 g/mol. The summed E-state index contributed by atoms with van der Waals surface area (Å²) in [7, 11) is 0. The smallest absolute Gasteiger partial charge is 0.260 e. The molecule has 4 rings (SSSR count). The Morgan fingerprint density at radius 3 is 2.74 bits per heavy atom. The molecule has 6 nitrogen and oxygen atoms in total. The molecule has 0 N–H and O–H groups in total. The van der Waals surface area contributed by atoms with E-state index in [4.69, 9.17) is 21.3 Å². The Kier molecular flexibility index (Phi) is 6.53. The van der Waals surface area contributed by atoms with Gasteiger partial charge >= 0.3 is 0 Å². The molecule has 4 aromatic rings. The molecule has 8 heteroatoms. The van der Waals surface area contributed by atoms with Gasteiger partial charge in [0.25, 0.3) is 5.91 Å². The van der Waals surface area contributed by atoms with Crippen molar-refractivity contribution in [3.05, 3.63) is 71.8 Å². The number of amides is 1. The highest BCUT2D eigenvalue weighted by atomic mass is 35.5. The SMILES string of the molecule is CC(C)Oc1ccc(C(=O)N(CCCn2ccnc2)c2nc3ccc(Cl)cc3s2)cc1. The maximum Gasteiger partial charge on any atom is 0.260 e. The van der Waals surface area contributed by atoms with E-state index in [-0.39, 0.29) is 12.0 Å². The second kappa shape index (κ2) is 9.49. The zero-order valence-electron chi connectivity index (χ0n) is 17.4. The second-order valence-corrected chi connectivity index (χ2v) is 8.86. The molecule has 0 aliphatic heterocycles. The molecule has 2 heterocycles. The predicted octanol–water partition coefficient (Wildman–Crippen LogP) is 5.67. The van der Waals surface area contributed by atoms with Gasteiger partial charge in [0.2, 0.25) is 0 Å². The summed E-state index contributed by atoms with van der Waals surface area (Å²) in [4.78, 5) is 23.9. The average molecular weight is 455 g/mol. The summed E-state index contributed by atoms with van der Waals surface area (Å²) < 4.78 is 8.65. The minimum Gasteiger partial charge on any atom is -0.491 e. The number of thiazole rings is 1. The summed E-state index contributed by atoms with van der Waals surface area (Å²) in [5.74, 6) is 0.653. The molecule has 0 unspecified atom stereocenters. The zero-order chi connectivity index (χ0) is 21.8. The third kappa shape index (κ3) is 5.24. The third-order valence-corrected chi connectivity index (χ3v) is 5.92. The predicted molar refractivity (Wildman–Crippen MR) is 125 cm³/mol. The maximum absolute atomic E-state index is 13.4. The Labute approximate surface area is 190 Å². The number of carbonyl (C=O) groups excluding carboxylic acids is 1. The number of carbonyl (C=O) groups is 1. The van der Waals surface area contributed by atoms with Gasteiger partial charge < -0.3 is 9.30 Å². The molecule has 160 valence electrons. The molecular weight excluding hydrogens is 432 g/mol. The summed E-state index contributed by atoms with van der Waals surface area (Å²) in [6, 6.07) is 12.8. The molecule has 0 saturated heterocycles. The number of imidazole rings is 1. The number of ether oxygens (including phenoxy) is 1. The van der Waals surface area contributed by atoms with Crippen LogP contribution in [0.4, 0.5) is 5.13 Å². The van der Waals surface area contributed by atoms with Crippen LogP contribution in [0.2, 0.25) is 5.02 Å². The van der Waals surface area contributed by atoms with Crippen molar-refractivity contribution in [3.63, 3.8) is 0 Å². The van der Waals surface area contributed by atoms with E-state index in [0.29, 0.717) is 22.3 Å². The van der Waals surface area contributed by atoms with Crippen LogP contribution < -0.4 is 9.64 Å². The maximum atomic E-state index is 13.4. The number of halogens is 1. The summed E-state index contributed by atoms with van der Waals surface area (Å²) in [5, 5.41) is 1.32. The third-order valence-electron chi connectivity index (χ3n) is 4.65. The molecule has 0 aliphatic carbocycles. The van der Waals surface area contributed by atoms with Crippen LogP contribution in [0.15, 0.2) is 61.2 Å². The van der Waals surface area contributed by atoms with Gasteiger partial charge in [-0.1, -0.05) is 22.9 Å². The van der Waals surface area contributed by atoms with Crippen molar-refractivity contribution in [3.8, 4) is 5.75 Å². The first kappa shape index (κ1) is 21.3. The highest BCUT2D eigenvalue weighted by Gasteiger charge is 2.21. The van der Waals surface area contributed by atoms with E-state index in [2.05, 4.69) is 4.98 Å². The Balaban J connectivity index is 1.59. The lowest BCUT2D eigenvalue weighted by Crippen LogP contribution is -2.32. The molecule has 2 aromatic carbocycles. The van der Waals surface area contributed by atoms with E-state index >= 15 is 0 Å². The number of hydrogen-bond donors (Lipinski definition) is 0. The molecule has 0 saturated carbocycles. The summed E-state index contributed by atoms with van der Waals surface area (Å²) in [6.45, 7) is 5.25. The van der Waals surface area contributed by atoms with Crippen LogP contribution in [0.5, 0.6) is 5.75 Å². The highest BCUT2D eigenvalue weighted by molar-refractivity contribution is 7.22. The van der Waals surface area contributed by atoms with Gasteiger partial charge in [0.1, 0.15) is 5.75 Å². The van der Waals surface area contributed by atoms with Crippen molar-refractivity contribution in [1.82, 2.24) is 14.5 Å². The fourth-order valence-corrected chi connectivity index (χ4v) is 4.49. The number of rotatable bonds is 8. The number of hydrogen-bond acceptors (Lipinski definition) is 5. The van der Waals surface area contributed by atoms with E-state index in [1.165, 1.54) is 11.3 Å². The van der Waals surface area contributed by atoms with Gasteiger partial charge in [-0.05, 0) is 62.7 Å². The molecule has 0 fully saturated rings. The van der Waals surface area contributed by atoms with E-state index in [1.807, 2.05) is 54.9 Å². The number of anilines is 1. The minimum absolute atomic E-state index is 0.0794. The quantitative estimate of drug-likeness (QED) is 0.344. The van der Waals surface area contributed by atoms with E-state index < -0.39 is 0 Å². The molecule has 2 aromatic heterocycles. The van der Waals surface area contributed by atoms with E-state index in [9.17, 15) is 4.79 Å². The first-order valence-corrected chi connectivity index (χ1v) is 11.3. The van der Waals surface area contributed by atoms with Gasteiger partial charge in [0.15, 0.2) is 5.13 Å². The summed E-state index contributed by atoms with van der Waals surface area (Å²) in [6.07, 6.45) is 6.29. The first-order valence-electron chi connectivity index (χ1n) is 10.1. The molecule has 0 radical (unpaired) electrons. The number of aromatic nitrogens is 3. The Morgan fingerprint density at radius 2 is 2.03 bits per heavy atom. The van der Waals surface area contributed by atoms with Crippen LogP contribution >= 0.6 is 22.9 Å². The molecule has 0 bridgehead atoms. The number of aryl methyl sites for hydroxylation is 1. The summed E-state index contributed by atoms with van der Waals surface area (Å²) >= 11 is 7.60. The van der Waals surface area contributed by atoms with Gasteiger partial charge in [0.05, 0.1) is 22.6 Å². The topological polar surface area (TPSA) is 60.2 Å². The fourth-order valence-electron chi connectivity index (χ4n) is 3.22. The standard InChI is InChI=1S/C23H23ClN4O2S/c1-16(2)30-19-7-4-17(5-8-19)22(29)28(12-3-11-27-13-10-25-15-27)23-26-20-9-6-18(24)14-21(20)31-23/h4-10,13-16H,3,11-12H2,1-2H3. The van der Waals surface area contributed by atoms with Crippen molar-refractivity contribution < 1.29 is 9.53 Å². The second-order valence-electron chi connectivity index (χ2n) is 7.41. The van der Waals surface area contributed by atoms with Crippen molar-refractivity contribution in [2.75, 3.05) is 11.4 Å². The fraction of sp³-hybridized carbons (Fsp3) is 0.261. The number of benzene rings is 2. The van der Waals surface area contributed by atoms with Gasteiger partial charge in [-0.2, -0.15) is 0 Å². The Morgan fingerprint density at radius 1 is 1.23 bits per heavy atom. The first-order chi connectivity index (χ1) is 15.0. The lowest BCUT2D eigenvalue weighted by Gasteiger charge is -2.20. The van der Waals surface area contributed by atoms with Gasteiger partial charge in [-0.25, -0.2) is 9.97 Å². The minimum atomic E-state index is -0.0909. The molecule has 31 heavy (non-hydrogen) atoms. The van der Waals surface area contributed by atoms with Gasteiger partial charge in [0, 0.05) is 36.1 Å². The van der Waals surface area contributed by atoms with E-state index in [0.717, 1.165) is 28.9 Å². The van der Waals surface area contributed by atoms with Gasteiger partial charge in [-0.3, -0.25) is 9.69 Å². The molecule has 0 spiro atoms. The normalized spacial score (nSPS) is 11.2. The number of nitrogens with zero attached hydrogens (tertiary/aromatic N) is 4. The molecular formula is C23H23ClN4O2S. The van der Waals surface area contributed by atoms with Crippen LogP contribution in [0.1, 0.15) is 30.6 Å². The molecule has 0 atom stereocenters. The highest BCUT2D eigenvalue weighted by Crippen LogP contribution is 2.32. The van der Waals surface area contributed by atoms with Crippen LogP contribution in [0.3, 0.4) is 0 Å². The molecule has 0 aliphatic rings. The number of fused-ring (bicyclic) bond motifs is 1. The van der Waals surface area contributed by atoms with Crippen molar-refractivity contribution in [2.24, 2.45) is 0 Å². The Bertz CT molecular complexity index is 1160. The van der Waals surface area contributed by atoms with Crippen molar-refractivity contribution in [2.45, 2.75) is 32.9 Å². The van der Waals surface area contributed by atoms with Crippen LogP contribution in [-0.4, -0.2) is 33.1 Å². The van der Waals surface area contributed by atoms with Crippen LogP contribution in [-0.2, 0) is 6.54 Å². The van der Waals surface area contributed by atoms with Crippen molar-refractivity contribution >= 4 is 44.2 Å². The average Bonchev–Trinajstić information content (AvgIpc) is 3.40. The van der Waals surface area contributed by atoms with Crippen LogP contribution in [0.25, 0.3) is 10.2 Å². The van der Waals surface area contributed by atoms with Crippen LogP contribution in [0, 0.1) is 0 Å². The summed E-state index contributed by atoms with van der Waals surface area (Å²) in [5.41, 5.74) is 1.42. The van der Waals surface area contributed by atoms with Gasteiger partial charge in [-0.15, -0.1) is 0 Å². The largest absolute Gasteiger partial charge is 0.491 e. The molecule has 1 amide bonds. The Hall–Kier alpha value is -2.90. The van der Waals surface area contributed by atoms with E-state index in [1.54, 1.807) is 29.6 Å². The van der Waals surface area contributed by atoms with Crippen molar-refractivity contribution in [1.29, 1.82) is 0 Å².